The first-order valence-corrected chi connectivity index (χ1v) is 25.5. The van der Waals surface area contributed by atoms with Crippen LogP contribution in [-0.4, -0.2) is 111 Å². The van der Waals surface area contributed by atoms with Gasteiger partial charge in [0.05, 0.1) is 54.7 Å². The summed E-state index contributed by atoms with van der Waals surface area (Å²) in [5, 5.41) is 23.6. The summed E-state index contributed by atoms with van der Waals surface area (Å²) >= 11 is 0. The van der Waals surface area contributed by atoms with E-state index in [1.54, 1.807) is 30.3 Å². The van der Waals surface area contributed by atoms with Crippen LogP contribution in [0.5, 0.6) is 0 Å². The number of carbonyl (C=O) groups is 1. The SMILES string of the molecule is COC(=O)C[C@H]1O[C@@](OC)([C@@H](O)[C@@H](O)C[C@H](OC)[C@H](CCS(=O)(=O)c2ccccc2)O[Si](C)(C)C(C)(C)C)[C@H](C)[C@@H](O[Si](C)(C)C(C)(C)C)[C@H]1C. The van der Waals surface area contributed by atoms with Crippen molar-refractivity contribution in [2.75, 3.05) is 27.1 Å². The molecular weight excluding hydrogens is 709 g/mol. The Bertz CT molecular complexity index is 1360. The Hall–Kier alpha value is -1.21. The van der Waals surface area contributed by atoms with Crippen LogP contribution in [0.15, 0.2) is 35.2 Å². The first-order chi connectivity index (χ1) is 23.2. The lowest BCUT2D eigenvalue weighted by atomic mass is 9.76. The molecule has 1 aliphatic rings. The fraction of sp³-hybridized carbons (Fsp3) is 0.811. The average molecular weight is 777 g/mol. The minimum atomic E-state index is -3.65. The maximum atomic E-state index is 13.4. The molecule has 14 heteroatoms. The summed E-state index contributed by atoms with van der Waals surface area (Å²) in [4.78, 5) is 12.8. The Balaban J connectivity index is 2.53. The molecule has 296 valence electrons. The van der Waals surface area contributed by atoms with Crippen molar-refractivity contribution in [1.82, 2.24) is 0 Å². The van der Waals surface area contributed by atoms with E-state index < -0.39 is 80.8 Å². The second-order valence-corrected chi connectivity index (χ2v) is 28.8. The Morgan fingerprint density at radius 2 is 1.47 bits per heavy atom. The van der Waals surface area contributed by atoms with Gasteiger partial charge >= 0.3 is 5.97 Å². The highest BCUT2D eigenvalue weighted by molar-refractivity contribution is 7.91. The first kappa shape index (κ1) is 45.9. The van der Waals surface area contributed by atoms with Crippen LogP contribution in [0.2, 0.25) is 36.3 Å². The topological polar surface area (TPSA) is 147 Å². The molecule has 1 aromatic carbocycles. The van der Waals surface area contributed by atoms with E-state index in [-0.39, 0.29) is 45.9 Å². The van der Waals surface area contributed by atoms with E-state index in [1.807, 2.05) is 13.8 Å². The van der Waals surface area contributed by atoms with Crippen molar-refractivity contribution >= 4 is 32.4 Å². The van der Waals surface area contributed by atoms with Gasteiger partial charge in [-0.3, -0.25) is 4.79 Å². The molecule has 1 heterocycles. The molecule has 1 saturated heterocycles. The number of rotatable bonds is 17. The quantitative estimate of drug-likeness (QED) is 0.135. The van der Waals surface area contributed by atoms with Crippen LogP contribution >= 0.6 is 0 Å². The van der Waals surface area contributed by atoms with Crippen LogP contribution in [0, 0.1) is 11.8 Å². The minimum absolute atomic E-state index is 0.102. The molecular formula is C37H68O11SSi2. The van der Waals surface area contributed by atoms with E-state index in [4.69, 9.17) is 27.8 Å². The molecule has 0 saturated carbocycles. The van der Waals surface area contributed by atoms with Gasteiger partial charge in [0.1, 0.15) is 6.10 Å². The van der Waals surface area contributed by atoms with Crippen LogP contribution in [0.25, 0.3) is 0 Å². The Morgan fingerprint density at radius 1 is 0.922 bits per heavy atom. The number of methoxy groups -OCH3 is 3. The van der Waals surface area contributed by atoms with Gasteiger partial charge in [-0.15, -0.1) is 0 Å². The molecule has 0 aliphatic carbocycles. The van der Waals surface area contributed by atoms with Gasteiger partial charge in [-0.25, -0.2) is 8.42 Å². The lowest BCUT2D eigenvalue weighted by molar-refractivity contribution is -0.367. The van der Waals surface area contributed by atoms with Gasteiger partial charge in [-0.05, 0) is 54.8 Å². The summed E-state index contributed by atoms with van der Waals surface area (Å²) in [5.74, 6) is -3.31. The normalized spacial score (nSPS) is 26.3. The van der Waals surface area contributed by atoms with E-state index in [0.717, 1.165) is 0 Å². The zero-order valence-electron chi connectivity index (χ0n) is 33.8. The third-order valence-electron chi connectivity index (χ3n) is 11.7. The highest BCUT2D eigenvalue weighted by atomic mass is 32.2. The standard InChI is InChI=1S/C37H68O11SSi2/c1-25-30(24-32(39)44-10)46-37(45-11,26(2)33(25)48-51(14,15)36(6,7)8)34(40)28(38)23-31(43-9)29(47-50(12,13)35(3,4)5)21-22-49(41,42)27-19-17-16-18-20-27/h16-20,25-26,28-31,33-34,38,40H,21-24H2,1-15H3/t25-,26+,28-,29-,30+,31-,33-,34-,37+/m0/s1. The van der Waals surface area contributed by atoms with Crippen molar-refractivity contribution in [3.8, 4) is 0 Å². The highest BCUT2D eigenvalue weighted by Gasteiger charge is 2.59. The Kier molecular flexibility index (Phi) is 15.8. The highest BCUT2D eigenvalue weighted by Crippen LogP contribution is 2.48. The lowest BCUT2D eigenvalue weighted by Crippen LogP contribution is -2.68. The lowest BCUT2D eigenvalue weighted by Gasteiger charge is -2.55. The molecule has 1 aliphatic heterocycles. The summed E-state index contributed by atoms with van der Waals surface area (Å²) in [6.45, 7) is 25.0. The van der Waals surface area contributed by atoms with E-state index >= 15 is 0 Å². The van der Waals surface area contributed by atoms with Crippen LogP contribution < -0.4 is 0 Å². The number of benzene rings is 1. The van der Waals surface area contributed by atoms with Crippen molar-refractivity contribution in [1.29, 1.82) is 0 Å². The van der Waals surface area contributed by atoms with Crippen molar-refractivity contribution < 1.29 is 51.2 Å². The van der Waals surface area contributed by atoms with Gasteiger partial charge in [0, 0.05) is 32.5 Å². The molecule has 51 heavy (non-hydrogen) atoms. The number of sulfone groups is 1. The Labute approximate surface area is 310 Å². The smallest absolute Gasteiger partial charge is 0.308 e. The average Bonchev–Trinajstić information content (AvgIpc) is 3.04. The third-order valence-corrected chi connectivity index (χ3v) is 22.5. The number of esters is 1. The molecule has 0 spiro atoms. The van der Waals surface area contributed by atoms with Gasteiger partial charge in [-0.1, -0.05) is 73.6 Å². The number of hydrogen-bond donors (Lipinski definition) is 2. The molecule has 1 aromatic rings. The second-order valence-electron chi connectivity index (χ2n) is 17.2. The molecule has 9 atom stereocenters. The number of aliphatic hydroxyl groups excluding tert-OH is 2. The minimum Gasteiger partial charge on any atom is -0.469 e. The number of carbonyl (C=O) groups excluding carboxylic acids is 1. The molecule has 11 nitrogen and oxygen atoms in total. The molecule has 1 fully saturated rings. The largest absolute Gasteiger partial charge is 0.469 e. The molecule has 0 amide bonds. The third kappa shape index (κ3) is 10.9. The van der Waals surface area contributed by atoms with Crippen molar-refractivity contribution in [3.63, 3.8) is 0 Å². The Morgan fingerprint density at radius 3 is 1.94 bits per heavy atom. The number of hydrogen-bond acceptors (Lipinski definition) is 11. The fourth-order valence-electron chi connectivity index (χ4n) is 6.17. The van der Waals surface area contributed by atoms with Crippen LogP contribution in [-0.2, 0) is 42.4 Å². The molecule has 2 rings (SSSR count). The predicted octanol–water partition coefficient (Wildman–Crippen LogP) is 6.33. The zero-order valence-corrected chi connectivity index (χ0v) is 36.6. The molecule has 0 radical (unpaired) electrons. The van der Waals surface area contributed by atoms with Crippen molar-refractivity contribution in [2.45, 2.75) is 158 Å². The van der Waals surface area contributed by atoms with E-state index in [9.17, 15) is 23.4 Å². The van der Waals surface area contributed by atoms with Gasteiger partial charge < -0.3 is 38.0 Å². The maximum Gasteiger partial charge on any atom is 0.308 e. The van der Waals surface area contributed by atoms with Gasteiger partial charge in [0.2, 0.25) is 5.79 Å². The molecule has 0 aromatic heterocycles. The zero-order chi connectivity index (χ0) is 39.4. The van der Waals surface area contributed by atoms with Crippen LogP contribution in [0.4, 0.5) is 0 Å². The molecule has 2 N–H and O–H groups in total. The van der Waals surface area contributed by atoms with Gasteiger partial charge in [-0.2, -0.15) is 0 Å². The van der Waals surface area contributed by atoms with Crippen LogP contribution in [0.1, 0.15) is 74.7 Å². The van der Waals surface area contributed by atoms with Crippen molar-refractivity contribution in [3.05, 3.63) is 30.3 Å². The molecule has 0 unspecified atom stereocenters. The number of aliphatic hydroxyl groups is 2. The predicted molar refractivity (Wildman–Crippen MR) is 204 cm³/mol. The van der Waals surface area contributed by atoms with Gasteiger partial charge in [0.25, 0.3) is 0 Å². The van der Waals surface area contributed by atoms with E-state index in [2.05, 4.69) is 67.7 Å². The van der Waals surface area contributed by atoms with Crippen molar-refractivity contribution in [2.24, 2.45) is 11.8 Å². The summed E-state index contributed by atoms with van der Waals surface area (Å²) in [5.41, 5.74) is 0. The number of ether oxygens (including phenoxy) is 4. The van der Waals surface area contributed by atoms with Crippen LogP contribution in [0.3, 0.4) is 0 Å². The fourth-order valence-corrected chi connectivity index (χ4v) is 10.4. The summed E-state index contributed by atoms with van der Waals surface area (Å²) in [7, 11) is -4.30. The van der Waals surface area contributed by atoms with Gasteiger partial charge in [0.15, 0.2) is 26.5 Å². The summed E-state index contributed by atoms with van der Waals surface area (Å²) in [6, 6.07) is 8.27. The molecule has 0 bridgehead atoms. The maximum absolute atomic E-state index is 13.4. The summed E-state index contributed by atoms with van der Waals surface area (Å²) in [6.07, 6.45) is -5.96. The monoisotopic (exact) mass is 776 g/mol. The van der Waals surface area contributed by atoms with E-state index in [0.29, 0.717) is 0 Å². The van der Waals surface area contributed by atoms with E-state index in [1.165, 1.54) is 21.3 Å². The first-order valence-electron chi connectivity index (χ1n) is 18.0. The summed E-state index contributed by atoms with van der Waals surface area (Å²) < 4.78 is 64.0. The second kappa shape index (κ2) is 17.5.